The first kappa shape index (κ1) is 16.9. The normalized spacial score (nSPS) is 13.9. The van der Waals surface area contributed by atoms with Crippen molar-refractivity contribution in [1.29, 1.82) is 0 Å². The minimum absolute atomic E-state index is 0.383. The van der Waals surface area contributed by atoms with Crippen molar-refractivity contribution < 1.29 is 24.9 Å². The number of carbonyl (C=O) groups is 2. The summed E-state index contributed by atoms with van der Waals surface area (Å²) < 4.78 is 0. The van der Waals surface area contributed by atoms with Gasteiger partial charge in [-0.25, -0.2) is 4.79 Å². The fourth-order valence-electron chi connectivity index (χ4n) is 1.50. The van der Waals surface area contributed by atoms with E-state index >= 15 is 0 Å². The van der Waals surface area contributed by atoms with E-state index in [0.717, 1.165) is 19.3 Å². The summed E-state index contributed by atoms with van der Waals surface area (Å²) in [5.41, 5.74) is 0. The Kier molecular flexibility index (Phi) is 9.22. The lowest BCUT2D eigenvalue weighted by molar-refractivity contribution is -0.158. The molecule has 106 valence electrons. The predicted octanol–water partition coefficient (Wildman–Crippen LogP) is 0.269. The van der Waals surface area contributed by atoms with Crippen LogP contribution in [0.4, 0.5) is 0 Å². The van der Waals surface area contributed by atoms with Gasteiger partial charge in [-0.05, 0) is 6.42 Å². The number of carboxylic acid groups (broad SMARTS) is 1. The van der Waals surface area contributed by atoms with Crippen LogP contribution in [0.1, 0.15) is 45.4 Å². The number of rotatable bonds is 10. The smallest absolute Gasteiger partial charge is 0.335 e. The molecule has 0 aromatic heterocycles. The molecule has 1 amide bonds. The summed E-state index contributed by atoms with van der Waals surface area (Å²) in [5, 5.41) is 28.9. The molecular formula is C12H23NO5. The molecule has 0 aromatic rings. The van der Waals surface area contributed by atoms with E-state index < -0.39 is 24.1 Å². The fraction of sp³-hybridized carbons (Fsp3) is 0.833. The van der Waals surface area contributed by atoms with Crippen molar-refractivity contribution >= 4 is 11.9 Å². The van der Waals surface area contributed by atoms with Gasteiger partial charge in [-0.3, -0.25) is 4.79 Å². The molecule has 0 spiro atoms. The van der Waals surface area contributed by atoms with E-state index in [0.29, 0.717) is 6.54 Å². The Bertz CT molecular complexity index is 257. The first-order chi connectivity index (χ1) is 8.50. The lowest BCUT2D eigenvalue weighted by atomic mass is 10.1. The van der Waals surface area contributed by atoms with Gasteiger partial charge < -0.3 is 20.6 Å². The van der Waals surface area contributed by atoms with Crippen LogP contribution in [0.2, 0.25) is 0 Å². The average molecular weight is 261 g/mol. The van der Waals surface area contributed by atoms with E-state index in [1.54, 1.807) is 0 Å². The minimum Gasteiger partial charge on any atom is -0.479 e. The van der Waals surface area contributed by atoms with Crippen LogP contribution in [0.3, 0.4) is 0 Å². The Morgan fingerprint density at radius 3 is 2.11 bits per heavy atom. The molecule has 0 radical (unpaired) electrons. The number of aliphatic carboxylic acids is 1. The highest BCUT2D eigenvalue weighted by atomic mass is 16.4. The molecule has 0 aliphatic carbocycles. The molecule has 0 unspecified atom stereocenters. The monoisotopic (exact) mass is 261 g/mol. The molecule has 2 atom stereocenters. The molecule has 0 saturated carbocycles. The number of aliphatic hydroxyl groups is 2. The maximum atomic E-state index is 11.2. The Balaban J connectivity index is 3.61. The summed E-state index contributed by atoms with van der Waals surface area (Å²) in [6.45, 7) is 2.52. The highest BCUT2D eigenvalue weighted by Gasteiger charge is 2.29. The second-order valence-electron chi connectivity index (χ2n) is 4.29. The largest absolute Gasteiger partial charge is 0.479 e. The number of nitrogens with one attached hydrogen (secondary N) is 1. The van der Waals surface area contributed by atoms with Crippen molar-refractivity contribution in [2.24, 2.45) is 0 Å². The minimum atomic E-state index is -2.07. The van der Waals surface area contributed by atoms with Gasteiger partial charge in [0.05, 0.1) is 0 Å². The van der Waals surface area contributed by atoms with Crippen LogP contribution in [0.5, 0.6) is 0 Å². The summed E-state index contributed by atoms with van der Waals surface area (Å²) in [6.07, 6.45) is 2.43. The molecule has 0 bridgehead atoms. The van der Waals surface area contributed by atoms with E-state index in [-0.39, 0.29) is 0 Å². The van der Waals surface area contributed by atoms with Crippen LogP contribution in [0.15, 0.2) is 0 Å². The zero-order valence-electron chi connectivity index (χ0n) is 10.8. The van der Waals surface area contributed by atoms with Crippen molar-refractivity contribution in [3.8, 4) is 0 Å². The molecule has 6 heteroatoms. The van der Waals surface area contributed by atoms with Gasteiger partial charge in [0.15, 0.2) is 12.2 Å². The number of hydrogen-bond acceptors (Lipinski definition) is 4. The summed E-state index contributed by atoms with van der Waals surface area (Å²) in [6, 6.07) is 0. The second kappa shape index (κ2) is 9.85. The molecule has 0 rings (SSSR count). The van der Waals surface area contributed by atoms with Gasteiger partial charge in [0, 0.05) is 6.54 Å². The van der Waals surface area contributed by atoms with E-state index in [4.69, 9.17) is 10.2 Å². The van der Waals surface area contributed by atoms with Gasteiger partial charge >= 0.3 is 5.97 Å². The molecule has 0 aliphatic heterocycles. The Labute approximate surface area is 107 Å². The fourth-order valence-corrected chi connectivity index (χ4v) is 1.50. The van der Waals surface area contributed by atoms with Gasteiger partial charge in [0.2, 0.25) is 0 Å². The molecular weight excluding hydrogens is 238 g/mol. The SMILES string of the molecule is CCCCCCCCNC(=O)[C@@H](O)[C@@H](O)C(=O)O. The third-order valence-electron chi connectivity index (χ3n) is 2.65. The molecule has 18 heavy (non-hydrogen) atoms. The van der Waals surface area contributed by atoms with Gasteiger partial charge in [-0.2, -0.15) is 0 Å². The van der Waals surface area contributed by atoms with Crippen molar-refractivity contribution in [3.05, 3.63) is 0 Å². The van der Waals surface area contributed by atoms with E-state index in [1.165, 1.54) is 19.3 Å². The maximum Gasteiger partial charge on any atom is 0.335 e. The number of carboxylic acids is 1. The second-order valence-corrected chi connectivity index (χ2v) is 4.29. The van der Waals surface area contributed by atoms with E-state index in [9.17, 15) is 14.7 Å². The number of aliphatic hydroxyl groups excluding tert-OH is 2. The van der Waals surface area contributed by atoms with E-state index in [2.05, 4.69) is 12.2 Å². The molecule has 6 nitrogen and oxygen atoms in total. The van der Waals surface area contributed by atoms with Crippen molar-refractivity contribution in [1.82, 2.24) is 5.32 Å². The third kappa shape index (κ3) is 7.24. The summed E-state index contributed by atoms with van der Waals surface area (Å²) in [5.74, 6) is -2.46. The maximum absolute atomic E-state index is 11.2. The van der Waals surface area contributed by atoms with Gasteiger partial charge in [0.1, 0.15) is 0 Å². The van der Waals surface area contributed by atoms with Crippen LogP contribution in [0.25, 0.3) is 0 Å². The number of carbonyl (C=O) groups excluding carboxylic acids is 1. The first-order valence-electron chi connectivity index (χ1n) is 6.37. The molecule has 0 aromatic carbocycles. The quantitative estimate of drug-likeness (QED) is 0.422. The van der Waals surface area contributed by atoms with Crippen LogP contribution in [-0.2, 0) is 9.59 Å². The summed E-state index contributed by atoms with van der Waals surface area (Å²) in [7, 11) is 0. The molecule has 0 fully saturated rings. The Morgan fingerprint density at radius 1 is 1.00 bits per heavy atom. The third-order valence-corrected chi connectivity index (χ3v) is 2.65. The van der Waals surface area contributed by atoms with Crippen molar-refractivity contribution in [2.45, 2.75) is 57.7 Å². The van der Waals surface area contributed by atoms with Crippen LogP contribution < -0.4 is 5.32 Å². The zero-order chi connectivity index (χ0) is 14.0. The number of hydrogen-bond donors (Lipinski definition) is 4. The van der Waals surface area contributed by atoms with Crippen molar-refractivity contribution in [3.63, 3.8) is 0 Å². The average Bonchev–Trinajstić information content (AvgIpc) is 2.35. The van der Waals surface area contributed by atoms with Gasteiger partial charge in [-0.1, -0.05) is 39.0 Å². The van der Waals surface area contributed by atoms with Gasteiger partial charge in [0.25, 0.3) is 5.91 Å². The van der Waals surface area contributed by atoms with E-state index in [1.807, 2.05) is 0 Å². The van der Waals surface area contributed by atoms with Crippen LogP contribution in [-0.4, -0.2) is 45.9 Å². The van der Waals surface area contributed by atoms with Crippen LogP contribution >= 0.6 is 0 Å². The molecule has 0 heterocycles. The lowest BCUT2D eigenvalue weighted by Gasteiger charge is -2.13. The Hall–Kier alpha value is -1.14. The number of unbranched alkanes of at least 4 members (excludes halogenated alkanes) is 5. The standard InChI is InChI=1S/C12H23NO5/c1-2-3-4-5-6-7-8-13-11(16)9(14)10(15)12(17)18/h9-10,14-15H,2-8H2,1H3,(H,13,16)(H,17,18)/t9-,10+/m0/s1. The summed E-state index contributed by atoms with van der Waals surface area (Å²) in [4.78, 5) is 21.6. The first-order valence-corrected chi connectivity index (χ1v) is 6.37. The molecule has 0 saturated heterocycles. The topological polar surface area (TPSA) is 107 Å². The van der Waals surface area contributed by atoms with Gasteiger partial charge in [-0.15, -0.1) is 0 Å². The summed E-state index contributed by atoms with van der Waals surface area (Å²) >= 11 is 0. The highest BCUT2D eigenvalue weighted by Crippen LogP contribution is 2.04. The Morgan fingerprint density at radius 2 is 1.56 bits per heavy atom. The molecule has 4 N–H and O–H groups in total. The predicted molar refractivity (Wildman–Crippen MR) is 66.0 cm³/mol. The lowest BCUT2D eigenvalue weighted by Crippen LogP contribution is -2.45. The molecule has 0 aliphatic rings. The highest BCUT2D eigenvalue weighted by molar-refractivity contribution is 5.87. The van der Waals surface area contributed by atoms with Crippen LogP contribution in [0, 0.1) is 0 Å². The van der Waals surface area contributed by atoms with Crippen molar-refractivity contribution in [2.75, 3.05) is 6.54 Å². The number of amides is 1. The zero-order valence-corrected chi connectivity index (χ0v) is 10.8.